The minimum Gasteiger partial charge on any atom is -0.465 e. The van der Waals surface area contributed by atoms with Crippen molar-refractivity contribution in [2.24, 2.45) is 0 Å². The quantitative estimate of drug-likeness (QED) is 0.609. The van der Waals surface area contributed by atoms with Crippen LogP contribution in [0, 0.1) is 5.82 Å². The lowest BCUT2D eigenvalue weighted by atomic mass is 9.87. The molecule has 0 fully saturated rings. The van der Waals surface area contributed by atoms with Gasteiger partial charge in [-0.05, 0) is 49.4 Å². The van der Waals surface area contributed by atoms with Gasteiger partial charge in [-0.25, -0.2) is 4.39 Å². The van der Waals surface area contributed by atoms with Crippen molar-refractivity contribution in [1.29, 1.82) is 0 Å². The molecule has 1 unspecified atom stereocenters. The number of amides is 1. The zero-order chi connectivity index (χ0) is 14.5. The van der Waals surface area contributed by atoms with Gasteiger partial charge >= 0.3 is 5.97 Å². The number of benzene rings is 1. The molecule has 0 radical (unpaired) electrons. The van der Waals surface area contributed by atoms with Crippen molar-refractivity contribution < 1.29 is 18.7 Å². The van der Waals surface area contributed by atoms with Gasteiger partial charge in [0, 0.05) is 6.04 Å². The molecule has 0 N–H and O–H groups in total. The fourth-order valence-corrected chi connectivity index (χ4v) is 2.60. The molecule has 1 aromatic rings. The highest BCUT2D eigenvalue weighted by Crippen LogP contribution is 2.24. The molecular formula is C15H18FNO3. The van der Waals surface area contributed by atoms with E-state index in [2.05, 4.69) is 0 Å². The molecule has 1 aliphatic rings. The second kappa shape index (κ2) is 6.50. The molecule has 0 saturated carbocycles. The van der Waals surface area contributed by atoms with Crippen LogP contribution in [0.15, 0.2) is 18.2 Å². The van der Waals surface area contributed by atoms with Crippen LogP contribution in [-0.2, 0) is 27.2 Å². The van der Waals surface area contributed by atoms with E-state index in [1.54, 1.807) is 13.0 Å². The predicted octanol–water partition coefficient (Wildman–Crippen LogP) is 1.70. The Hall–Kier alpha value is -1.91. The Balaban J connectivity index is 2.06. The number of rotatable bonds is 5. The van der Waals surface area contributed by atoms with Crippen LogP contribution in [0.1, 0.15) is 24.5 Å². The van der Waals surface area contributed by atoms with Crippen LogP contribution in [-0.4, -0.2) is 36.5 Å². The smallest absolute Gasteiger partial charge is 0.325 e. The lowest BCUT2D eigenvalue weighted by Gasteiger charge is -2.32. The average molecular weight is 279 g/mol. The molecule has 0 bridgehead atoms. The first kappa shape index (κ1) is 14.5. The second-order valence-electron chi connectivity index (χ2n) is 4.89. The average Bonchev–Trinajstić information content (AvgIpc) is 2.44. The molecule has 4 nitrogen and oxygen atoms in total. The van der Waals surface area contributed by atoms with Crippen LogP contribution >= 0.6 is 0 Å². The lowest BCUT2D eigenvalue weighted by molar-refractivity contribution is -0.147. The van der Waals surface area contributed by atoms with Crippen LogP contribution in [0.2, 0.25) is 0 Å². The summed E-state index contributed by atoms with van der Waals surface area (Å²) in [7, 11) is 0. The molecule has 0 heterocycles. The van der Waals surface area contributed by atoms with E-state index >= 15 is 0 Å². The van der Waals surface area contributed by atoms with Crippen molar-refractivity contribution in [2.45, 2.75) is 32.2 Å². The first-order chi connectivity index (χ1) is 9.63. The van der Waals surface area contributed by atoms with Crippen molar-refractivity contribution in [2.75, 3.05) is 13.2 Å². The summed E-state index contributed by atoms with van der Waals surface area (Å²) in [5, 5.41) is 0. The number of aryl methyl sites for hydroxylation is 1. The number of ether oxygens (including phenoxy) is 1. The minimum absolute atomic E-state index is 0.0490. The zero-order valence-corrected chi connectivity index (χ0v) is 11.5. The molecule has 0 aromatic heterocycles. The molecule has 5 heteroatoms. The van der Waals surface area contributed by atoms with Crippen LogP contribution < -0.4 is 0 Å². The molecule has 1 aliphatic carbocycles. The molecular weight excluding hydrogens is 261 g/mol. The second-order valence-corrected chi connectivity index (χ2v) is 4.89. The first-order valence-electron chi connectivity index (χ1n) is 6.78. The van der Waals surface area contributed by atoms with Gasteiger partial charge < -0.3 is 9.64 Å². The predicted molar refractivity (Wildman–Crippen MR) is 71.6 cm³/mol. The largest absolute Gasteiger partial charge is 0.465 e. The number of nitrogens with zero attached hydrogens (tertiary/aromatic N) is 1. The summed E-state index contributed by atoms with van der Waals surface area (Å²) in [4.78, 5) is 24.1. The third kappa shape index (κ3) is 3.35. The topological polar surface area (TPSA) is 46.6 Å². The molecule has 0 spiro atoms. The van der Waals surface area contributed by atoms with E-state index in [-0.39, 0.29) is 18.4 Å². The van der Waals surface area contributed by atoms with Crippen molar-refractivity contribution >= 4 is 12.4 Å². The monoisotopic (exact) mass is 279 g/mol. The summed E-state index contributed by atoms with van der Waals surface area (Å²) >= 11 is 0. The van der Waals surface area contributed by atoms with Crippen molar-refractivity contribution in [1.82, 2.24) is 4.90 Å². The van der Waals surface area contributed by atoms with E-state index in [4.69, 9.17) is 4.74 Å². The Morgan fingerprint density at radius 2 is 2.30 bits per heavy atom. The molecule has 1 atom stereocenters. The minimum atomic E-state index is -0.412. The number of halogens is 1. The highest BCUT2D eigenvalue weighted by Gasteiger charge is 2.25. The highest BCUT2D eigenvalue weighted by atomic mass is 19.1. The van der Waals surface area contributed by atoms with Gasteiger partial charge in [-0.2, -0.15) is 0 Å². The number of hydrogen-bond donors (Lipinski definition) is 0. The summed E-state index contributed by atoms with van der Waals surface area (Å²) in [6.45, 7) is 1.97. The van der Waals surface area contributed by atoms with Crippen LogP contribution in [0.25, 0.3) is 0 Å². The van der Waals surface area contributed by atoms with Crippen molar-refractivity contribution in [3.8, 4) is 0 Å². The maximum absolute atomic E-state index is 13.3. The summed E-state index contributed by atoms with van der Waals surface area (Å²) in [6.07, 6.45) is 2.81. The number of carbonyl (C=O) groups excluding carboxylic acids is 2. The zero-order valence-electron chi connectivity index (χ0n) is 11.5. The van der Waals surface area contributed by atoms with E-state index in [0.717, 1.165) is 24.0 Å². The van der Waals surface area contributed by atoms with Crippen molar-refractivity contribution in [3.05, 3.63) is 35.1 Å². The molecule has 0 aliphatic heterocycles. The number of carbonyl (C=O) groups is 2. The SMILES string of the molecule is CCOC(=O)CN(C=O)C1CCc2ccc(F)cc2C1. The van der Waals surface area contributed by atoms with E-state index < -0.39 is 5.97 Å². The van der Waals surface area contributed by atoms with Gasteiger partial charge in [-0.15, -0.1) is 0 Å². The molecule has 2 rings (SSSR count). The van der Waals surface area contributed by atoms with E-state index in [0.29, 0.717) is 19.4 Å². The molecule has 1 amide bonds. The Morgan fingerprint density at radius 1 is 1.50 bits per heavy atom. The van der Waals surface area contributed by atoms with Gasteiger partial charge in [0.1, 0.15) is 12.4 Å². The maximum Gasteiger partial charge on any atom is 0.325 e. The maximum atomic E-state index is 13.3. The first-order valence-corrected chi connectivity index (χ1v) is 6.78. The van der Waals surface area contributed by atoms with Gasteiger partial charge in [0.05, 0.1) is 6.61 Å². The van der Waals surface area contributed by atoms with E-state index in [1.165, 1.54) is 17.0 Å². The fourth-order valence-electron chi connectivity index (χ4n) is 2.60. The lowest BCUT2D eigenvalue weighted by Crippen LogP contribution is -2.42. The Morgan fingerprint density at radius 3 is 3.00 bits per heavy atom. The highest BCUT2D eigenvalue weighted by molar-refractivity contribution is 5.74. The number of fused-ring (bicyclic) bond motifs is 1. The summed E-state index contributed by atoms with van der Waals surface area (Å²) in [5.41, 5.74) is 2.03. The van der Waals surface area contributed by atoms with E-state index in [1.807, 2.05) is 0 Å². The summed E-state index contributed by atoms with van der Waals surface area (Å²) in [6, 6.07) is 4.67. The third-order valence-corrected chi connectivity index (χ3v) is 3.59. The Labute approximate surface area is 117 Å². The van der Waals surface area contributed by atoms with Crippen LogP contribution in [0.5, 0.6) is 0 Å². The number of hydrogen-bond acceptors (Lipinski definition) is 3. The molecule has 20 heavy (non-hydrogen) atoms. The molecule has 1 aromatic carbocycles. The van der Waals surface area contributed by atoms with Crippen LogP contribution in [0.4, 0.5) is 4.39 Å². The Kier molecular flexibility index (Phi) is 4.71. The molecule has 108 valence electrons. The third-order valence-electron chi connectivity index (χ3n) is 3.59. The molecule has 0 saturated heterocycles. The summed E-state index contributed by atoms with van der Waals surface area (Å²) < 4.78 is 18.1. The summed E-state index contributed by atoms with van der Waals surface area (Å²) in [5.74, 6) is -0.683. The fraction of sp³-hybridized carbons (Fsp3) is 0.467. The standard InChI is InChI=1S/C15H18FNO3/c1-2-20-15(19)9-17(10-18)14-6-4-11-3-5-13(16)7-12(11)8-14/h3,5,7,10,14H,2,4,6,8-9H2,1H3. The Bertz CT molecular complexity index is 504. The van der Waals surface area contributed by atoms with E-state index in [9.17, 15) is 14.0 Å². The van der Waals surface area contributed by atoms with Gasteiger partial charge in [-0.3, -0.25) is 9.59 Å². The number of esters is 1. The van der Waals surface area contributed by atoms with Gasteiger partial charge in [0.2, 0.25) is 6.41 Å². The van der Waals surface area contributed by atoms with Crippen LogP contribution in [0.3, 0.4) is 0 Å². The van der Waals surface area contributed by atoms with Gasteiger partial charge in [0.25, 0.3) is 0 Å². The normalized spacial score (nSPS) is 17.2. The van der Waals surface area contributed by atoms with Crippen molar-refractivity contribution in [3.63, 3.8) is 0 Å². The van der Waals surface area contributed by atoms with Gasteiger partial charge in [0.15, 0.2) is 0 Å². The van der Waals surface area contributed by atoms with Gasteiger partial charge in [-0.1, -0.05) is 6.07 Å².